The number of aliphatic carboxylic acids is 1. The lowest BCUT2D eigenvalue weighted by Gasteiger charge is -2.20. The molecule has 2 N–H and O–H groups in total. The molecule has 24 heavy (non-hydrogen) atoms. The van der Waals surface area contributed by atoms with Crippen LogP contribution in [0.3, 0.4) is 0 Å². The van der Waals surface area contributed by atoms with E-state index in [1.54, 1.807) is 38.3 Å². The number of carbonyl (C=O) groups excluding carboxylic acids is 1. The minimum Gasteiger partial charge on any atom is -0.497 e. The van der Waals surface area contributed by atoms with Crippen LogP contribution in [-0.4, -0.2) is 56.2 Å². The van der Waals surface area contributed by atoms with E-state index in [4.69, 9.17) is 14.6 Å². The van der Waals surface area contributed by atoms with E-state index < -0.39 is 5.97 Å². The van der Waals surface area contributed by atoms with Gasteiger partial charge in [-0.3, -0.25) is 14.5 Å². The predicted octanol–water partition coefficient (Wildman–Crippen LogP) is 1.71. The maximum absolute atomic E-state index is 12.1. The van der Waals surface area contributed by atoms with Crippen LogP contribution in [0.1, 0.15) is 24.9 Å². The number of carbonyl (C=O) groups is 2. The first-order chi connectivity index (χ1) is 10.9. The monoisotopic (exact) mass is 360 g/mol. The van der Waals surface area contributed by atoms with Crippen LogP contribution in [0, 0.1) is 0 Å². The number of hydrogen-bond acceptors (Lipinski definition) is 5. The predicted molar refractivity (Wildman–Crippen MR) is 93.1 cm³/mol. The number of amides is 1. The molecule has 0 radical (unpaired) electrons. The largest absolute Gasteiger partial charge is 0.497 e. The lowest BCUT2D eigenvalue weighted by atomic mass is 10.1. The summed E-state index contributed by atoms with van der Waals surface area (Å²) >= 11 is 0. The molecule has 1 unspecified atom stereocenters. The molecule has 0 fully saturated rings. The molecule has 0 saturated carbocycles. The number of nitrogens with zero attached hydrogens (tertiary/aromatic N) is 1. The molecular formula is C16H25ClN2O5. The molecule has 0 aromatic heterocycles. The van der Waals surface area contributed by atoms with E-state index in [0.717, 1.165) is 5.56 Å². The highest BCUT2D eigenvalue weighted by atomic mass is 35.5. The molecule has 1 atom stereocenters. The molecule has 0 saturated heterocycles. The highest BCUT2D eigenvalue weighted by Gasteiger charge is 2.16. The van der Waals surface area contributed by atoms with Gasteiger partial charge in [0.25, 0.3) is 0 Å². The van der Waals surface area contributed by atoms with Gasteiger partial charge < -0.3 is 19.9 Å². The molecule has 0 aliphatic carbocycles. The van der Waals surface area contributed by atoms with Crippen LogP contribution < -0.4 is 14.8 Å². The summed E-state index contributed by atoms with van der Waals surface area (Å²) in [7, 11) is 4.85. The maximum Gasteiger partial charge on any atom is 0.304 e. The van der Waals surface area contributed by atoms with E-state index in [9.17, 15) is 9.59 Å². The Morgan fingerprint density at radius 1 is 1.29 bits per heavy atom. The second-order valence-corrected chi connectivity index (χ2v) is 5.28. The van der Waals surface area contributed by atoms with Crippen molar-refractivity contribution in [3.63, 3.8) is 0 Å². The van der Waals surface area contributed by atoms with Crippen LogP contribution >= 0.6 is 12.4 Å². The smallest absolute Gasteiger partial charge is 0.304 e. The van der Waals surface area contributed by atoms with Crippen molar-refractivity contribution in [1.82, 2.24) is 10.2 Å². The van der Waals surface area contributed by atoms with Crippen molar-refractivity contribution in [1.29, 1.82) is 0 Å². The molecule has 1 amide bonds. The number of rotatable bonds is 9. The summed E-state index contributed by atoms with van der Waals surface area (Å²) in [6, 6.07) is 5.13. The van der Waals surface area contributed by atoms with Gasteiger partial charge in [0.05, 0.1) is 33.2 Å². The number of nitrogens with one attached hydrogen (secondary N) is 1. The number of likely N-dealkylation sites (N-methyl/N-ethyl adjacent to an activating group) is 1. The molecule has 0 heterocycles. The second kappa shape index (κ2) is 10.7. The molecule has 0 aliphatic rings. The molecule has 0 spiro atoms. The Balaban J connectivity index is 0.00000529. The zero-order valence-electron chi connectivity index (χ0n) is 14.4. The summed E-state index contributed by atoms with van der Waals surface area (Å²) in [5, 5.41) is 11.5. The zero-order valence-corrected chi connectivity index (χ0v) is 15.2. The lowest BCUT2D eigenvalue weighted by Crippen LogP contribution is -2.37. The quantitative estimate of drug-likeness (QED) is 0.697. The third kappa shape index (κ3) is 7.06. The van der Waals surface area contributed by atoms with Crippen molar-refractivity contribution in [3.8, 4) is 11.5 Å². The van der Waals surface area contributed by atoms with Gasteiger partial charge in [0, 0.05) is 12.1 Å². The van der Waals surface area contributed by atoms with E-state index in [0.29, 0.717) is 18.0 Å². The van der Waals surface area contributed by atoms with Crippen LogP contribution in [-0.2, 0) is 9.59 Å². The first-order valence-corrected chi connectivity index (χ1v) is 7.29. The average Bonchev–Trinajstić information content (AvgIpc) is 2.51. The Morgan fingerprint density at radius 2 is 1.96 bits per heavy atom. The van der Waals surface area contributed by atoms with Crippen molar-refractivity contribution >= 4 is 24.3 Å². The first kappa shape index (κ1) is 22.0. The third-order valence-electron chi connectivity index (χ3n) is 3.40. The van der Waals surface area contributed by atoms with Crippen LogP contribution in [0.2, 0.25) is 0 Å². The Kier molecular flexibility index (Phi) is 9.83. The van der Waals surface area contributed by atoms with Crippen LogP contribution in [0.4, 0.5) is 0 Å². The molecule has 0 aliphatic heterocycles. The molecule has 1 rings (SSSR count). The van der Waals surface area contributed by atoms with Crippen molar-refractivity contribution in [2.24, 2.45) is 0 Å². The average molecular weight is 361 g/mol. The Hall–Kier alpha value is -1.99. The summed E-state index contributed by atoms with van der Waals surface area (Å²) < 4.78 is 10.5. The molecule has 136 valence electrons. The number of carboxylic acid groups (broad SMARTS) is 1. The van der Waals surface area contributed by atoms with Crippen LogP contribution in [0.15, 0.2) is 18.2 Å². The standard InChI is InChI=1S/C16H24N2O5.ClH/c1-11(13-9-12(22-3)5-6-14(13)23-4)17-15(19)10-18(2)8-7-16(20)21;/h5-6,9,11H,7-8,10H2,1-4H3,(H,17,19)(H,20,21);1H. The van der Waals surface area contributed by atoms with Crippen molar-refractivity contribution in [2.45, 2.75) is 19.4 Å². The van der Waals surface area contributed by atoms with Gasteiger partial charge in [-0.1, -0.05) is 0 Å². The number of ether oxygens (including phenoxy) is 2. The molecule has 1 aromatic carbocycles. The third-order valence-corrected chi connectivity index (χ3v) is 3.40. The SMILES string of the molecule is COc1ccc(OC)c(C(C)NC(=O)CN(C)CCC(=O)O)c1.Cl. The Morgan fingerprint density at radius 3 is 2.50 bits per heavy atom. The maximum atomic E-state index is 12.1. The summed E-state index contributed by atoms with van der Waals surface area (Å²) in [4.78, 5) is 24.3. The number of carboxylic acids is 1. The molecular weight excluding hydrogens is 336 g/mol. The number of halogens is 1. The fraction of sp³-hybridized carbons (Fsp3) is 0.500. The van der Waals surface area contributed by atoms with Crippen LogP contribution in [0.25, 0.3) is 0 Å². The van der Waals surface area contributed by atoms with Gasteiger partial charge in [0.15, 0.2) is 0 Å². The van der Waals surface area contributed by atoms with Gasteiger partial charge in [-0.05, 0) is 32.2 Å². The highest BCUT2D eigenvalue weighted by Crippen LogP contribution is 2.29. The Labute approximate surface area is 148 Å². The van der Waals surface area contributed by atoms with E-state index >= 15 is 0 Å². The van der Waals surface area contributed by atoms with E-state index in [1.807, 2.05) is 13.0 Å². The number of hydrogen-bond donors (Lipinski definition) is 2. The van der Waals surface area contributed by atoms with Crippen molar-refractivity contribution < 1.29 is 24.2 Å². The summed E-state index contributed by atoms with van der Waals surface area (Å²) in [5.41, 5.74) is 0.813. The summed E-state index contributed by atoms with van der Waals surface area (Å²) in [5.74, 6) is 0.278. The molecule has 1 aromatic rings. The van der Waals surface area contributed by atoms with Gasteiger partial charge in [0.2, 0.25) is 5.91 Å². The van der Waals surface area contributed by atoms with Gasteiger partial charge in [0.1, 0.15) is 11.5 Å². The number of methoxy groups -OCH3 is 2. The van der Waals surface area contributed by atoms with E-state index in [2.05, 4.69) is 5.32 Å². The lowest BCUT2D eigenvalue weighted by molar-refractivity contribution is -0.137. The molecule has 7 nitrogen and oxygen atoms in total. The second-order valence-electron chi connectivity index (χ2n) is 5.28. The minimum atomic E-state index is -0.883. The molecule has 8 heteroatoms. The Bertz CT molecular complexity index is 553. The van der Waals surface area contributed by atoms with E-state index in [1.165, 1.54) is 0 Å². The van der Waals surface area contributed by atoms with Crippen molar-refractivity contribution in [3.05, 3.63) is 23.8 Å². The van der Waals surface area contributed by atoms with Gasteiger partial charge in [-0.2, -0.15) is 0 Å². The van der Waals surface area contributed by atoms with Crippen molar-refractivity contribution in [2.75, 3.05) is 34.4 Å². The van der Waals surface area contributed by atoms with E-state index in [-0.39, 0.29) is 37.3 Å². The fourth-order valence-electron chi connectivity index (χ4n) is 2.15. The normalized spacial score (nSPS) is 11.4. The number of benzene rings is 1. The first-order valence-electron chi connectivity index (χ1n) is 7.29. The summed E-state index contributed by atoms with van der Waals surface area (Å²) in [6.45, 7) is 2.30. The molecule has 0 bridgehead atoms. The minimum absolute atomic E-state index is 0. The highest BCUT2D eigenvalue weighted by molar-refractivity contribution is 5.85. The fourth-order valence-corrected chi connectivity index (χ4v) is 2.15. The van der Waals surface area contributed by atoms with Gasteiger partial charge in [-0.25, -0.2) is 0 Å². The topological polar surface area (TPSA) is 88.1 Å². The summed E-state index contributed by atoms with van der Waals surface area (Å²) in [6.07, 6.45) is 0.00302. The van der Waals surface area contributed by atoms with Crippen LogP contribution in [0.5, 0.6) is 11.5 Å². The van der Waals surface area contributed by atoms with Gasteiger partial charge >= 0.3 is 5.97 Å². The van der Waals surface area contributed by atoms with Gasteiger partial charge in [-0.15, -0.1) is 12.4 Å². The zero-order chi connectivity index (χ0) is 17.4.